The van der Waals surface area contributed by atoms with E-state index in [1.165, 1.54) is 4.68 Å². The Morgan fingerprint density at radius 3 is 2.47 bits per heavy atom. The molecule has 160 valence electrons. The lowest BCUT2D eigenvalue weighted by molar-refractivity contribution is -0.136. The number of benzene rings is 1. The fraction of sp³-hybridized carbons (Fsp3) is 0.429. The van der Waals surface area contributed by atoms with Crippen molar-refractivity contribution in [2.24, 2.45) is 0 Å². The van der Waals surface area contributed by atoms with Gasteiger partial charge in [-0.05, 0) is 26.0 Å². The zero-order valence-electron chi connectivity index (χ0n) is 16.9. The average molecular weight is 420 g/mol. The molecule has 1 aliphatic heterocycles. The molecule has 4 rings (SSSR count). The number of rotatable bonds is 5. The second-order valence-electron chi connectivity index (χ2n) is 7.34. The molecule has 0 bridgehead atoms. The summed E-state index contributed by atoms with van der Waals surface area (Å²) in [6.45, 7) is 7.20. The first-order valence-corrected chi connectivity index (χ1v) is 9.80. The third-order valence-corrected chi connectivity index (χ3v) is 5.13. The number of hydrogen-bond acceptors (Lipinski definition) is 5. The highest BCUT2D eigenvalue weighted by Crippen LogP contribution is 2.38. The number of aromatic nitrogens is 3. The molecule has 6 nitrogen and oxygen atoms in total. The second kappa shape index (κ2) is 8.23. The minimum atomic E-state index is -4.55. The van der Waals surface area contributed by atoms with E-state index in [0.717, 1.165) is 24.7 Å². The van der Waals surface area contributed by atoms with Gasteiger partial charge in [-0.2, -0.15) is 23.3 Å². The Morgan fingerprint density at radius 1 is 1.10 bits per heavy atom. The highest BCUT2D eigenvalue weighted by molar-refractivity contribution is 5.84. The number of alkyl halides is 3. The van der Waals surface area contributed by atoms with Crippen molar-refractivity contribution >= 4 is 11.0 Å². The van der Waals surface area contributed by atoms with Gasteiger partial charge < -0.3 is 9.47 Å². The number of aryl methyl sites for hydroxylation is 2. The van der Waals surface area contributed by atoms with Crippen LogP contribution < -0.4 is 4.74 Å². The smallest absolute Gasteiger partial charge is 0.417 e. The summed E-state index contributed by atoms with van der Waals surface area (Å²) in [4.78, 5) is 6.53. The first-order chi connectivity index (χ1) is 14.3. The van der Waals surface area contributed by atoms with Crippen LogP contribution in [0.2, 0.25) is 0 Å². The van der Waals surface area contributed by atoms with Crippen LogP contribution in [0.15, 0.2) is 30.3 Å². The van der Waals surface area contributed by atoms with Crippen LogP contribution in [-0.4, -0.2) is 59.1 Å². The van der Waals surface area contributed by atoms with Crippen molar-refractivity contribution in [2.75, 3.05) is 39.5 Å². The second-order valence-corrected chi connectivity index (χ2v) is 7.34. The standard InChI is InChI=1S/C21H23F3N4O2/c1-14-3-5-16(6-4-14)28-20-19(15(2)26-28)17(21(22,23)24)13-18(25-20)30-12-9-27-7-10-29-11-8-27/h3-6,13H,7-12H2,1-2H3. The number of pyridine rings is 1. The third kappa shape index (κ3) is 4.27. The molecule has 0 N–H and O–H groups in total. The van der Waals surface area contributed by atoms with Crippen molar-refractivity contribution in [3.05, 3.63) is 47.2 Å². The lowest BCUT2D eigenvalue weighted by Crippen LogP contribution is -2.38. The van der Waals surface area contributed by atoms with Gasteiger partial charge in [0, 0.05) is 25.7 Å². The third-order valence-electron chi connectivity index (χ3n) is 5.13. The zero-order chi connectivity index (χ0) is 21.3. The molecule has 1 fully saturated rings. The van der Waals surface area contributed by atoms with Gasteiger partial charge in [-0.25, -0.2) is 4.68 Å². The SMILES string of the molecule is Cc1ccc(-n2nc(C)c3c(C(F)(F)F)cc(OCCN4CCOCC4)nc32)cc1. The lowest BCUT2D eigenvalue weighted by atomic mass is 10.1. The molecule has 0 spiro atoms. The first kappa shape index (κ1) is 20.6. The molecule has 3 heterocycles. The normalized spacial score (nSPS) is 15.6. The monoisotopic (exact) mass is 420 g/mol. The maximum Gasteiger partial charge on any atom is 0.417 e. The van der Waals surface area contributed by atoms with Crippen molar-refractivity contribution in [2.45, 2.75) is 20.0 Å². The van der Waals surface area contributed by atoms with E-state index in [4.69, 9.17) is 9.47 Å². The van der Waals surface area contributed by atoms with Crippen LogP contribution in [0.25, 0.3) is 16.7 Å². The predicted octanol–water partition coefficient (Wildman–Crippen LogP) is 3.77. The molecule has 0 aliphatic carbocycles. The minimum absolute atomic E-state index is 0.0106. The van der Waals surface area contributed by atoms with E-state index in [0.29, 0.717) is 25.4 Å². The Morgan fingerprint density at radius 2 is 1.80 bits per heavy atom. The summed E-state index contributed by atoms with van der Waals surface area (Å²) in [6, 6.07) is 8.34. The molecule has 0 atom stereocenters. The van der Waals surface area contributed by atoms with Gasteiger partial charge in [0.15, 0.2) is 5.65 Å². The fourth-order valence-corrected chi connectivity index (χ4v) is 3.53. The molecule has 1 saturated heterocycles. The van der Waals surface area contributed by atoms with Crippen LogP contribution in [-0.2, 0) is 10.9 Å². The van der Waals surface area contributed by atoms with Gasteiger partial charge in [0.1, 0.15) is 6.61 Å². The summed E-state index contributed by atoms with van der Waals surface area (Å²) in [5, 5.41) is 4.32. The van der Waals surface area contributed by atoms with Crippen molar-refractivity contribution in [3.63, 3.8) is 0 Å². The molecule has 9 heteroatoms. The van der Waals surface area contributed by atoms with E-state index in [-0.39, 0.29) is 29.2 Å². The van der Waals surface area contributed by atoms with Crippen molar-refractivity contribution in [3.8, 4) is 11.6 Å². The number of nitrogens with zero attached hydrogens (tertiary/aromatic N) is 4. The van der Waals surface area contributed by atoms with E-state index < -0.39 is 11.7 Å². The molecule has 30 heavy (non-hydrogen) atoms. The van der Waals surface area contributed by atoms with E-state index in [1.54, 1.807) is 6.92 Å². The van der Waals surface area contributed by atoms with Gasteiger partial charge >= 0.3 is 6.18 Å². The van der Waals surface area contributed by atoms with Crippen molar-refractivity contribution in [1.82, 2.24) is 19.7 Å². The Hall–Kier alpha value is -2.65. The molecular weight excluding hydrogens is 397 g/mol. The molecule has 0 saturated carbocycles. The number of hydrogen-bond donors (Lipinski definition) is 0. The molecule has 0 amide bonds. The molecule has 0 radical (unpaired) electrons. The number of halogens is 3. The fourth-order valence-electron chi connectivity index (χ4n) is 3.53. The average Bonchev–Trinajstić information content (AvgIpc) is 3.04. The Bertz CT molecular complexity index is 1030. The molecular formula is C21H23F3N4O2. The molecule has 1 aromatic carbocycles. The Balaban J connectivity index is 1.70. The lowest BCUT2D eigenvalue weighted by Gasteiger charge is -2.26. The maximum absolute atomic E-state index is 13.8. The van der Waals surface area contributed by atoms with Gasteiger partial charge in [-0.3, -0.25) is 4.90 Å². The maximum atomic E-state index is 13.8. The summed E-state index contributed by atoms with van der Waals surface area (Å²) < 4.78 is 53.8. The number of morpholine rings is 1. The summed E-state index contributed by atoms with van der Waals surface area (Å²) in [6.07, 6.45) is -4.55. The Kier molecular flexibility index (Phi) is 5.66. The van der Waals surface area contributed by atoms with Gasteiger partial charge in [0.25, 0.3) is 0 Å². The molecule has 1 aliphatic rings. The molecule has 0 unspecified atom stereocenters. The van der Waals surface area contributed by atoms with E-state index >= 15 is 0 Å². The van der Waals surface area contributed by atoms with Crippen LogP contribution in [0, 0.1) is 13.8 Å². The summed E-state index contributed by atoms with van der Waals surface area (Å²) in [5.74, 6) is -0.0589. The van der Waals surface area contributed by atoms with E-state index in [1.807, 2.05) is 31.2 Å². The quantitative estimate of drug-likeness (QED) is 0.629. The summed E-state index contributed by atoms with van der Waals surface area (Å²) >= 11 is 0. The van der Waals surface area contributed by atoms with Gasteiger partial charge in [-0.15, -0.1) is 0 Å². The highest BCUT2D eigenvalue weighted by atomic mass is 19.4. The van der Waals surface area contributed by atoms with Crippen LogP contribution in [0.1, 0.15) is 16.8 Å². The highest BCUT2D eigenvalue weighted by Gasteiger charge is 2.36. The van der Waals surface area contributed by atoms with Crippen molar-refractivity contribution < 1.29 is 22.6 Å². The van der Waals surface area contributed by atoms with Gasteiger partial charge in [-0.1, -0.05) is 17.7 Å². The summed E-state index contributed by atoms with van der Waals surface area (Å²) in [7, 11) is 0. The van der Waals surface area contributed by atoms with E-state index in [2.05, 4.69) is 15.0 Å². The molecule has 3 aromatic rings. The van der Waals surface area contributed by atoms with Crippen LogP contribution in [0.3, 0.4) is 0 Å². The predicted molar refractivity (Wildman–Crippen MR) is 106 cm³/mol. The topological polar surface area (TPSA) is 52.4 Å². The van der Waals surface area contributed by atoms with Crippen LogP contribution in [0.4, 0.5) is 13.2 Å². The number of ether oxygens (including phenoxy) is 2. The van der Waals surface area contributed by atoms with Crippen LogP contribution >= 0.6 is 0 Å². The van der Waals surface area contributed by atoms with Crippen LogP contribution in [0.5, 0.6) is 5.88 Å². The van der Waals surface area contributed by atoms with E-state index in [9.17, 15) is 13.2 Å². The van der Waals surface area contributed by atoms with Gasteiger partial charge in [0.05, 0.1) is 35.5 Å². The largest absolute Gasteiger partial charge is 0.476 e. The molecule has 2 aromatic heterocycles. The number of fused-ring (bicyclic) bond motifs is 1. The van der Waals surface area contributed by atoms with Crippen molar-refractivity contribution in [1.29, 1.82) is 0 Å². The summed E-state index contributed by atoms with van der Waals surface area (Å²) in [5.41, 5.74) is 1.30. The zero-order valence-corrected chi connectivity index (χ0v) is 16.9. The Labute approximate surface area is 172 Å². The minimum Gasteiger partial charge on any atom is -0.476 e. The first-order valence-electron chi connectivity index (χ1n) is 9.80. The van der Waals surface area contributed by atoms with Gasteiger partial charge in [0.2, 0.25) is 5.88 Å².